The van der Waals surface area contributed by atoms with Gasteiger partial charge in [0.25, 0.3) is 5.91 Å². The van der Waals surface area contributed by atoms with Crippen molar-refractivity contribution in [2.45, 2.75) is 22.0 Å². The van der Waals surface area contributed by atoms with Gasteiger partial charge in [-0.1, -0.05) is 6.07 Å². The molecule has 1 saturated heterocycles. The SMILES string of the molecule is O=C(c1ccc(SCc2cccnc2)cc1)N1CCCN(S(=O)(=O)c2ccc(F)cc2)CC1. The first-order valence-electron chi connectivity index (χ1n) is 10.6. The zero-order valence-corrected chi connectivity index (χ0v) is 19.6. The van der Waals surface area contributed by atoms with E-state index in [1.54, 1.807) is 22.9 Å². The van der Waals surface area contributed by atoms with Crippen LogP contribution < -0.4 is 0 Å². The molecule has 0 spiro atoms. The van der Waals surface area contributed by atoms with Gasteiger partial charge in [-0.15, -0.1) is 11.8 Å². The maximum absolute atomic E-state index is 13.2. The summed E-state index contributed by atoms with van der Waals surface area (Å²) in [5, 5.41) is 0. The first-order chi connectivity index (χ1) is 15.9. The molecular formula is C24H24FN3O3S2. The van der Waals surface area contributed by atoms with Gasteiger partial charge in [-0.25, -0.2) is 12.8 Å². The minimum atomic E-state index is -3.73. The number of carbonyl (C=O) groups is 1. The van der Waals surface area contributed by atoms with Crippen molar-refractivity contribution in [2.24, 2.45) is 0 Å². The molecule has 3 aromatic rings. The van der Waals surface area contributed by atoms with E-state index in [9.17, 15) is 17.6 Å². The van der Waals surface area contributed by atoms with Crippen molar-refractivity contribution in [3.05, 3.63) is 90.0 Å². The fourth-order valence-corrected chi connectivity index (χ4v) is 5.92. The fraction of sp³-hybridized carbons (Fsp3) is 0.250. The highest BCUT2D eigenvalue weighted by Crippen LogP contribution is 2.24. The number of pyridine rings is 1. The number of nitrogens with zero attached hydrogens (tertiary/aromatic N) is 3. The third kappa shape index (κ3) is 5.79. The first-order valence-corrected chi connectivity index (χ1v) is 13.0. The molecule has 6 nitrogen and oxygen atoms in total. The molecule has 0 radical (unpaired) electrons. The number of hydrogen-bond donors (Lipinski definition) is 0. The van der Waals surface area contributed by atoms with Crippen molar-refractivity contribution in [3.63, 3.8) is 0 Å². The van der Waals surface area contributed by atoms with Crippen molar-refractivity contribution in [3.8, 4) is 0 Å². The predicted molar refractivity (Wildman–Crippen MR) is 126 cm³/mol. The molecule has 0 saturated carbocycles. The lowest BCUT2D eigenvalue weighted by atomic mass is 10.2. The van der Waals surface area contributed by atoms with Crippen LogP contribution in [0.2, 0.25) is 0 Å². The van der Waals surface area contributed by atoms with Crippen molar-refractivity contribution in [1.82, 2.24) is 14.2 Å². The molecule has 1 fully saturated rings. The number of aromatic nitrogens is 1. The number of sulfonamides is 1. The molecule has 33 heavy (non-hydrogen) atoms. The summed E-state index contributed by atoms with van der Waals surface area (Å²) in [4.78, 5) is 19.9. The standard InChI is InChI=1S/C24H24FN3O3S2/c25-21-6-10-23(11-7-21)33(30,31)28-14-2-13-27(15-16-28)24(29)20-4-8-22(9-5-20)32-18-19-3-1-12-26-17-19/h1,3-12,17H,2,13-16,18H2. The molecule has 0 aliphatic carbocycles. The molecule has 2 heterocycles. The van der Waals surface area contributed by atoms with E-state index in [0.717, 1.165) is 28.3 Å². The average Bonchev–Trinajstić information content (AvgIpc) is 3.11. The summed E-state index contributed by atoms with van der Waals surface area (Å²) in [5.74, 6) is 0.203. The highest BCUT2D eigenvalue weighted by atomic mass is 32.2. The molecule has 0 unspecified atom stereocenters. The molecular weight excluding hydrogens is 461 g/mol. The predicted octanol–water partition coefficient (Wildman–Crippen LogP) is 4.05. The van der Waals surface area contributed by atoms with Crippen LogP contribution in [0, 0.1) is 5.82 Å². The Labute approximate surface area is 197 Å². The largest absolute Gasteiger partial charge is 0.337 e. The Hall–Kier alpha value is -2.75. The second-order valence-electron chi connectivity index (χ2n) is 7.68. The van der Waals surface area contributed by atoms with Gasteiger partial charge in [0.15, 0.2) is 0 Å². The topological polar surface area (TPSA) is 70.6 Å². The zero-order chi connectivity index (χ0) is 23.3. The molecule has 1 aliphatic heterocycles. The molecule has 1 aliphatic rings. The molecule has 4 rings (SSSR count). The molecule has 2 aromatic carbocycles. The van der Waals surface area contributed by atoms with Crippen LogP contribution in [-0.4, -0.2) is 54.7 Å². The van der Waals surface area contributed by atoms with Crippen LogP contribution in [0.1, 0.15) is 22.3 Å². The van der Waals surface area contributed by atoms with E-state index in [0.29, 0.717) is 31.6 Å². The van der Waals surface area contributed by atoms with Crippen LogP contribution in [-0.2, 0) is 15.8 Å². The molecule has 1 amide bonds. The maximum Gasteiger partial charge on any atom is 0.253 e. The molecule has 0 bridgehead atoms. The summed E-state index contributed by atoms with van der Waals surface area (Å²) in [6.07, 6.45) is 4.11. The minimum Gasteiger partial charge on any atom is -0.337 e. The van der Waals surface area contributed by atoms with Crippen LogP contribution in [0.5, 0.6) is 0 Å². The molecule has 0 N–H and O–H groups in total. The highest BCUT2D eigenvalue weighted by molar-refractivity contribution is 7.98. The number of benzene rings is 2. The number of hydrogen-bond acceptors (Lipinski definition) is 5. The van der Waals surface area contributed by atoms with E-state index >= 15 is 0 Å². The Morgan fingerprint density at radius 1 is 0.970 bits per heavy atom. The number of halogens is 1. The molecule has 9 heteroatoms. The number of thioether (sulfide) groups is 1. The number of carbonyl (C=O) groups excluding carboxylic acids is 1. The second kappa shape index (κ2) is 10.5. The van der Waals surface area contributed by atoms with Crippen molar-refractivity contribution in [2.75, 3.05) is 26.2 Å². The number of rotatable bonds is 6. The quantitative estimate of drug-likeness (QED) is 0.493. The summed E-state index contributed by atoms with van der Waals surface area (Å²) in [7, 11) is -3.73. The van der Waals surface area contributed by atoms with Crippen LogP contribution in [0.25, 0.3) is 0 Å². The normalized spacial score (nSPS) is 15.2. The summed E-state index contributed by atoms with van der Waals surface area (Å²) >= 11 is 1.67. The summed E-state index contributed by atoms with van der Waals surface area (Å²) in [6.45, 7) is 1.29. The zero-order valence-electron chi connectivity index (χ0n) is 17.9. The van der Waals surface area contributed by atoms with Gasteiger partial charge in [0, 0.05) is 54.8 Å². The second-order valence-corrected chi connectivity index (χ2v) is 10.7. The van der Waals surface area contributed by atoms with Gasteiger partial charge in [0.1, 0.15) is 5.82 Å². The lowest BCUT2D eigenvalue weighted by Crippen LogP contribution is -2.37. The Balaban J connectivity index is 1.36. The van der Waals surface area contributed by atoms with Crippen LogP contribution in [0.15, 0.2) is 82.8 Å². The first kappa shape index (κ1) is 23.4. The lowest BCUT2D eigenvalue weighted by molar-refractivity contribution is 0.0764. The van der Waals surface area contributed by atoms with E-state index < -0.39 is 15.8 Å². The summed E-state index contributed by atoms with van der Waals surface area (Å²) in [6, 6.07) is 16.2. The smallest absolute Gasteiger partial charge is 0.253 e. The van der Waals surface area contributed by atoms with E-state index in [-0.39, 0.29) is 17.3 Å². The van der Waals surface area contributed by atoms with Gasteiger partial charge in [-0.05, 0) is 66.6 Å². The van der Waals surface area contributed by atoms with Crippen molar-refractivity contribution >= 4 is 27.7 Å². The summed E-state index contributed by atoms with van der Waals surface area (Å²) < 4.78 is 40.3. The maximum atomic E-state index is 13.2. The van der Waals surface area contributed by atoms with Crippen LogP contribution in [0.4, 0.5) is 4.39 Å². The third-order valence-corrected chi connectivity index (χ3v) is 8.42. The Morgan fingerprint density at radius 3 is 2.42 bits per heavy atom. The average molecular weight is 486 g/mol. The third-order valence-electron chi connectivity index (χ3n) is 5.42. The lowest BCUT2D eigenvalue weighted by Gasteiger charge is -2.22. The molecule has 0 atom stereocenters. The van der Waals surface area contributed by atoms with Crippen LogP contribution >= 0.6 is 11.8 Å². The molecule has 172 valence electrons. The van der Waals surface area contributed by atoms with Gasteiger partial charge in [0.05, 0.1) is 4.90 Å². The highest BCUT2D eigenvalue weighted by Gasteiger charge is 2.28. The number of amides is 1. The van der Waals surface area contributed by atoms with E-state index in [1.807, 2.05) is 42.6 Å². The van der Waals surface area contributed by atoms with Gasteiger partial charge < -0.3 is 4.90 Å². The molecule has 1 aromatic heterocycles. The van der Waals surface area contributed by atoms with Crippen molar-refractivity contribution in [1.29, 1.82) is 0 Å². The van der Waals surface area contributed by atoms with Crippen molar-refractivity contribution < 1.29 is 17.6 Å². The van der Waals surface area contributed by atoms with Gasteiger partial charge in [0.2, 0.25) is 10.0 Å². The Bertz CT molecular complexity index is 1190. The van der Waals surface area contributed by atoms with Gasteiger partial charge in [-0.3, -0.25) is 9.78 Å². The monoisotopic (exact) mass is 485 g/mol. The van der Waals surface area contributed by atoms with Gasteiger partial charge in [-0.2, -0.15) is 4.31 Å². The van der Waals surface area contributed by atoms with E-state index in [1.165, 1.54) is 16.4 Å². The van der Waals surface area contributed by atoms with E-state index in [2.05, 4.69) is 4.98 Å². The fourth-order valence-electron chi connectivity index (χ4n) is 3.62. The Morgan fingerprint density at radius 2 is 1.73 bits per heavy atom. The minimum absolute atomic E-state index is 0.0584. The summed E-state index contributed by atoms with van der Waals surface area (Å²) in [5.41, 5.74) is 1.71. The van der Waals surface area contributed by atoms with E-state index in [4.69, 9.17) is 0 Å². The van der Waals surface area contributed by atoms with Gasteiger partial charge >= 0.3 is 0 Å². The Kier molecular flexibility index (Phi) is 7.42. The van der Waals surface area contributed by atoms with Crippen LogP contribution in [0.3, 0.4) is 0 Å².